The van der Waals surface area contributed by atoms with Gasteiger partial charge < -0.3 is 5.32 Å². The van der Waals surface area contributed by atoms with Crippen LogP contribution in [-0.4, -0.2) is 16.9 Å². The third kappa shape index (κ3) is 2.28. The third-order valence-electron chi connectivity index (χ3n) is 3.91. The van der Waals surface area contributed by atoms with Crippen LogP contribution in [0.4, 0.5) is 10.5 Å². The summed E-state index contributed by atoms with van der Waals surface area (Å²) >= 11 is 0. The van der Waals surface area contributed by atoms with Crippen molar-refractivity contribution in [2.24, 2.45) is 15.9 Å². The highest BCUT2D eigenvalue weighted by Gasteiger charge is 2.44. The summed E-state index contributed by atoms with van der Waals surface area (Å²) in [5.41, 5.74) is 1.73. The highest BCUT2D eigenvalue weighted by atomic mass is 16.2. The van der Waals surface area contributed by atoms with Crippen molar-refractivity contribution in [1.82, 2.24) is 4.98 Å². The van der Waals surface area contributed by atoms with E-state index in [1.165, 1.54) is 0 Å². The number of anilines is 1. The first-order valence-corrected chi connectivity index (χ1v) is 7.03. The number of carbonyl (C=O) groups is 2. The van der Waals surface area contributed by atoms with Gasteiger partial charge in [0.15, 0.2) is 0 Å². The topological polar surface area (TPSA) is 83.8 Å². The first-order chi connectivity index (χ1) is 10.7. The minimum atomic E-state index is -0.502. The molecule has 1 aliphatic carbocycles. The molecule has 0 radical (unpaired) electrons. The lowest BCUT2D eigenvalue weighted by Gasteiger charge is -2.04. The van der Waals surface area contributed by atoms with Crippen LogP contribution in [0, 0.1) is 5.92 Å². The zero-order chi connectivity index (χ0) is 15.1. The predicted octanol–water partition coefficient (Wildman–Crippen LogP) is 1.20. The van der Waals surface area contributed by atoms with Crippen LogP contribution in [0.3, 0.4) is 0 Å². The summed E-state index contributed by atoms with van der Waals surface area (Å²) in [5, 5.41) is 3.92. The first-order valence-electron chi connectivity index (χ1n) is 7.03. The second-order valence-electron chi connectivity index (χ2n) is 5.43. The molecule has 2 aliphatic rings. The molecule has 0 spiro atoms. The van der Waals surface area contributed by atoms with Crippen LogP contribution in [0.25, 0.3) is 0 Å². The van der Waals surface area contributed by atoms with Crippen LogP contribution >= 0.6 is 0 Å². The Bertz CT molecular complexity index is 892. The highest BCUT2D eigenvalue weighted by Crippen LogP contribution is 2.47. The van der Waals surface area contributed by atoms with Gasteiger partial charge in [-0.1, -0.05) is 6.07 Å². The summed E-state index contributed by atoms with van der Waals surface area (Å²) < 4.78 is 0. The molecule has 3 amide bonds. The standard InChI is InChI=1S/C16H12N4O2/c21-15(12-7-11(12)9-2-1-5-17-8-9)18-10-3-4-13-14(6-10)20-16(22)19-13/h1-6,8,11-12H,7H2,(H,18,21). The molecule has 6 nitrogen and oxygen atoms in total. The van der Waals surface area contributed by atoms with Crippen molar-refractivity contribution >= 4 is 17.6 Å². The van der Waals surface area contributed by atoms with Crippen molar-refractivity contribution < 1.29 is 9.59 Å². The Morgan fingerprint density at radius 2 is 2.05 bits per heavy atom. The van der Waals surface area contributed by atoms with Crippen LogP contribution < -0.4 is 16.0 Å². The molecule has 108 valence electrons. The van der Waals surface area contributed by atoms with Crippen molar-refractivity contribution in [3.05, 3.63) is 59.0 Å². The third-order valence-corrected chi connectivity index (χ3v) is 3.91. The van der Waals surface area contributed by atoms with Gasteiger partial charge in [-0.15, -0.1) is 0 Å². The quantitative estimate of drug-likeness (QED) is 0.922. The Morgan fingerprint density at radius 1 is 1.18 bits per heavy atom. The van der Waals surface area contributed by atoms with Crippen molar-refractivity contribution in [1.29, 1.82) is 0 Å². The van der Waals surface area contributed by atoms with E-state index in [0.29, 0.717) is 16.4 Å². The van der Waals surface area contributed by atoms with Gasteiger partial charge in [0.2, 0.25) is 5.91 Å². The van der Waals surface area contributed by atoms with E-state index in [1.807, 2.05) is 12.1 Å². The molecule has 0 saturated heterocycles. The fourth-order valence-corrected chi connectivity index (χ4v) is 2.70. The number of carbonyl (C=O) groups excluding carboxylic acids is 2. The molecule has 1 N–H and O–H groups in total. The number of hydrogen-bond donors (Lipinski definition) is 1. The lowest BCUT2D eigenvalue weighted by atomic mass is 10.1. The highest BCUT2D eigenvalue weighted by molar-refractivity contribution is 5.95. The van der Waals surface area contributed by atoms with Gasteiger partial charge >= 0.3 is 6.03 Å². The molecule has 22 heavy (non-hydrogen) atoms. The van der Waals surface area contributed by atoms with Crippen LogP contribution in [0.2, 0.25) is 0 Å². The van der Waals surface area contributed by atoms with Crippen molar-refractivity contribution in [3.8, 4) is 0 Å². The van der Waals surface area contributed by atoms with Crippen molar-refractivity contribution in [3.63, 3.8) is 0 Å². The molecule has 2 heterocycles. The molecule has 4 rings (SSSR count). The first kappa shape index (κ1) is 12.8. The van der Waals surface area contributed by atoms with E-state index < -0.39 is 6.03 Å². The van der Waals surface area contributed by atoms with E-state index in [9.17, 15) is 9.59 Å². The van der Waals surface area contributed by atoms with E-state index in [0.717, 1.165) is 12.0 Å². The molecule has 1 fully saturated rings. The maximum atomic E-state index is 12.3. The molecule has 6 heteroatoms. The number of fused-ring (bicyclic) bond motifs is 1. The summed E-state index contributed by atoms with van der Waals surface area (Å²) in [7, 11) is 0. The molecule has 1 saturated carbocycles. The van der Waals surface area contributed by atoms with Gasteiger partial charge in [-0.2, -0.15) is 9.98 Å². The lowest BCUT2D eigenvalue weighted by molar-refractivity contribution is -0.117. The zero-order valence-electron chi connectivity index (χ0n) is 11.6. The van der Waals surface area contributed by atoms with Crippen molar-refractivity contribution in [2.75, 3.05) is 5.32 Å². The molecular weight excluding hydrogens is 280 g/mol. The molecule has 2 unspecified atom stereocenters. The number of hydrogen-bond acceptors (Lipinski definition) is 3. The van der Waals surface area contributed by atoms with E-state index in [2.05, 4.69) is 20.3 Å². The maximum Gasteiger partial charge on any atom is 0.368 e. The number of pyridine rings is 1. The van der Waals surface area contributed by atoms with Crippen LogP contribution in [0.5, 0.6) is 0 Å². The molecule has 1 aromatic carbocycles. The Hall–Kier alpha value is -2.89. The summed E-state index contributed by atoms with van der Waals surface area (Å²) in [6.07, 6.45) is 4.36. The van der Waals surface area contributed by atoms with Crippen LogP contribution in [-0.2, 0) is 4.79 Å². The van der Waals surface area contributed by atoms with Crippen molar-refractivity contribution in [2.45, 2.75) is 12.3 Å². The Kier molecular flexibility index (Phi) is 2.82. The molecule has 2 aromatic rings. The number of rotatable bonds is 3. The predicted molar refractivity (Wildman–Crippen MR) is 77.9 cm³/mol. The number of amides is 3. The number of nitrogens with zero attached hydrogens (tertiary/aromatic N) is 3. The number of benzene rings is 1. The van der Waals surface area contributed by atoms with Crippen LogP contribution in [0.15, 0.2) is 52.7 Å². The van der Waals surface area contributed by atoms with Gasteiger partial charge in [0.1, 0.15) is 0 Å². The molecule has 2 atom stereocenters. The van der Waals surface area contributed by atoms with E-state index in [4.69, 9.17) is 0 Å². The van der Waals surface area contributed by atoms with Gasteiger partial charge in [-0.3, -0.25) is 9.78 Å². The van der Waals surface area contributed by atoms with Crippen LogP contribution in [0.1, 0.15) is 17.9 Å². The summed E-state index contributed by atoms with van der Waals surface area (Å²) in [5.74, 6) is 0.195. The Morgan fingerprint density at radius 3 is 2.86 bits per heavy atom. The summed E-state index contributed by atoms with van der Waals surface area (Å²) in [6, 6.07) is 8.46. The van der Waals surface area contributed by atoms with Gasteiger partial charge in [-0.05, 0) is 42.2 Å². The number of aromatic nitrogens is 1. The average molecular weight is 292 g/mol. The normalized spacial score (nSPS) is 21.5. The largest absolute Gasteiger partial charge is 0.368 e. The minimum Gasteiger partial charge on any atom is -0.326 e. The SMILES string of the molecule is O=C1N=c2ccc(NC(=O)C3CC3c3cccnc3)cc2=N1. The second kappa shape index (κ2) is 4.84. The Balaban J connectivity index is 1.48. The Labute approximate surface area is 125 Å². The van der Waals surface area contributed by atoms with Gasteiger partial charge in [0.05, 0.1) is 10.7 Å². The molecular formula is C16H12N4O2. The lowest BCUT2D eigenvalue weighted by Crippen LogP contribution is -2.23. The van der Waals surface area contributed by atoms with Gasteiger partial charge in [-0.25, -0.2) is 4.79 Å². The fraction of sp³-hybridized carbons (Fsp3) is 0.188. The van der Waals surface area contributed by atoms with Gasteiger partial charge in [0.25, 0.3) is 0 Å². The van der Waals surface area contributed by atoms with Gasteiger partial charge in [0, 0.05) is 24.0 Å². The average Bonchev–Trinajstić information content (AvgIpc) is 3.24. The monoisotopic (exact) mass is 292 g/mol. The number of nitrogens with one attached hydrogen (secondary N) is 1. The minimum absolute atomic E-state index is 0.0185. The molecule has 0 bridgehead atoms. The van der Waals surface area contributed by atoms with E-state index >= 15 is 0 Å². The molecule has 1 aliphatic heterocycles. The summed E-state index contributed by atoms with van der Waals surface area (Å²) in [6.45, 7) is 0. The maximum absolute atomic E-state index is 12.3. The van der Waals surface area contributed by atoms with E-state index in [-0.39, 0.29) is 17.7 Å². The second-order valence-corrected chi connectivity index (χ2v) is 5.43. The zero-order valence-corrected chi connectivity index (χ0v) is 11.6. The van der Waals surface area contributed by atoms with E-state index in [1.54, 1.807) is 30.6 Å². The smallest absolute Gasteiger partial charge is 0.326 e. The molecule has 1 aromatic heterocycles. The summed E-state index contributed by atoms with van der Waals surface area (Å²) in [4.78, 5) is 35.0. The fourth-order valence-electron chi connectivity index (χ4n) is 2.70. The number of urea groups is 1.